The first-order valence-electron chi connectivity index (χ1n) is 6.34. The van der Waals surface area contributed by atoms with Crippen molar-refractivity contribution in [1.29, 1.82) is 0 Å². The quantitative estimate of drug-likeness (QED) is 0.683. The molecule has 4 heteroatoms. The van der Waals surface area contributed by atoms with Gasteiger partial charge in [0.2, 0.25) is 5.91 Å². The number of amides is 1. The van der Waals surface area contributed by atoms with Gasteiger partial charge in [0.15, 0.2) is 0 Å². The Kier molecular flexibility index (Phi) is 5.65. The minimum Gasteiger partial charge on any atom is -0.380 e. The molecule has 1 rings (SSSR count). The van der Waals surface area contributed by atoms with Crippen LogP contribution >= 0.6 is 0 Å². The van der Waals surface area contributed by atoms with E-state index >= 15 is 0 Å². The van der Waals surface area contributed by atoms with Gasteiger partial charge in [-0.3, -0.25) is 4.79 Å². The molecule has 0 radical (unpaired) electrons. The van der Waals surface area contributed by atoms with Crippen molar-refractivity contribution >= 4 is 5.91 Å². The summed E-state index contributed by atoms with van der Waals surface area (Å²) in [7, 11) is 0. The fraction of sp³-hybridized carbons (Fsp3) is 0.769. The van der Waals surface area contributed by atoms with Gasteiger partial charge in [-0.15, -0.1) is 0 Å². The molecule has 2 N–H and O–H groups in total. The van der Waals surface area contributed by atoms with Crippen LogP contribution < -0.4 is 10.6 Å². The van der Waals surface area contributed by atoms with E-state index in [1.165, 1.54) is 5.57 Å². The number of hydrogen-bond donors (Lipinski definition) is 2. The van der Waals surface area contributed by atoms with Gasteiger partial charge in [-0.2, -0.15) is 0 Å². The van der Waals surface area contributed by atoms with Crippen LogP contribution in [0.1, 0.15) is 27.7 Å². The Balaban J connectivity index is 2.51. The van der Waals surface area contributed by atoms with Gasteiger partial charge in [0.25, 0.3) is 0 Å². The van der Waals surface area contributed by atoms with E-state index in [9.17, 15) is 4.79 Å². The third-order valence-corrected chi connectivity index (χ3v) is 3.17. The summed E-state index contributed by atoms with van der Waals surface area (Å²) in [6.45, 7) is 11.0. The van der Waals surface area contributed by atoms with Crippen LogP contribution in [0.2, 0.25) is 0 Å². The summed E-state index contributed by atoms with van der Waals surface area (Å²) in [6.07, 6.45) is 0. The smallest absolute Gasteiger partial charge is 0.247 e. The van der Waals surface area contributed by atoms with Crippen LogP contribution in [-0.2, 0) is 9.53 Å². The van der Waals surface area contributed by atoms with Crippen LogP contribution in [-0.4, -0.2) is 38.3 Å². The average molecular weight is 240 g/mol. The lowest BCUT2D eigenvalue weighted by atomic mass is 10.0. The third-order valence-electron chi connectivity index (χ3n) is 3.17. The van der Waals surface area contributed by atoms with Crippen LogP contribution in [0.4, 0.5) is 0 Å². The molecule has 1 amide bonds. The van der Waals surface area contributed by atoms with Crippen LogP contribution in [0.5, 0.6) is 0 Å². The Morgan fingerprint density at radius 1 is 1.47 bits per heavy atom. The molecule has 1 aliphatic heterocycles. The SMILES string of the molecule is CCOCC(NC(=O)C(C)=C1CNC1)C(C)C. The van der Waals surface area contributed by atoms with E-state index in [2.05, 4.69) is 24.5 Å². The van der Waals surface area contributed by atoms with Crippen molar-refractivity contribution in [2.45, 2.75) is 33.7 Å². The first-order valence-corrected chi connectivity index (χ1v) is 6.34. The lowest BCUT2D eigenvalue weighted by Gasteiger charge is -2.25. The van der Waals surface area contributed by atoms with E-state index < -0.39 is 0 Å². The van der Waals surface area contributed by atoms with Crippen LogP contribution in [0.25, 0.3) is 0 Å². The minimum absolute atomic E-state index is 0.0416. The molecular formula is C13H24N2O2. The summed E-state index contributed by atoms with van der Waals surface area (Å²) in [4.78, 5) is 12.0. The van der Waals surface area contributed by atoms with E-state index in [1.54, 1.807) is 0 Å². The summed E-state index contributed by atoms with van der Waals surface area (Å²) in [6, 6.07) is 0.0889. The summed E-state index contributed by atoms with van der Waals surface area (Å²) in [5.41, 5.74) is 2.06. The molecule has 17 heavy (non-hydrogen) atoms. The topological polar surface area (TPSA) is 50.4 Å². The highest BCUT2D eigenvalue weighted by atomic mass is 16.5. The number of hydrogen-bond acceptors (Lipinski definition) is 3. The van der Waals surface area contributed by atoms with E-state index in [1.807, 2.05) is 13.8 Å². The monoisotopic (exact) mass is 240 g/mol. The highest BCUT2D eigenvalue weighted by Gasteiger charge is 2.20. The van der Waals surface area contributed by atoms with Crippen molar-refractivity contribution in [2.24, 2.45) is 5.92 Å². The van der Waals surface area contributed by atoms with Crippen molar-refractivity contribution in [3.05, 3.63) is 11.1 Å². The fourth-order valence-corrected chi connectivity index (χ4v) is 1.60. The highest BCUT2D eigenvalue weighted by molar-refractivity contribution is 5.94. The first kappa shape index (κ1) is 14.2. The van der Waals surface area contributed by atoms with E-state index in [0.29, 0.717) is 19.1 Å². The third kappa shape index (κ3) is 4.13. The normalized spacial score (nSPS) is 16.6. The largest absolute Gasteiger partial charge is 0.380 e. The minimum atomic E-state index is 0.0416. The zero-order chi connectivity index (χ0) is 12.8. The second kappa shape index (κ2) is 6.77. The summed E-state index contributed by atoms with van der Waals surface area (Å²) >= 11 is 0. The van der Waals surface area contributed by atoms with Gasteiger partial charge >= 0.3 is 0 Å². The molecule has 0 bridgehead atoms. The molecule has 1 unspecified atom stereocenters. The molecule has 1 heterocycles. The molecule has 0 saturated carbocycles. The highest BCUT2D eigenvalue weighted by Crippen LogP contribution is 2.10. The lowest BCUT2D eigenvalue weighted by molar-refractivity contribution is -0.119. The van der Waals surface area contributed by atoms with Crippen molar-refractivity contribution in [1.82, 2.24) is 10.6 Å². The fourth-order valence-electron chi connectivity index (χ4n) is 1.60. The summed E-state index contributed by atoms with van der Waals surface area (Å²) < 4.78 is 5.40. The Morgan fingerprint density at radius 2 is 2.12 bits per heavy atom. The van der Waals surface area contributed by atoms with Gasteiger partial charge < -0.3 is 15.4 Å². The number of carbonyl (C=O) groups is 1. The van der Waals surface area contributed by atoms with Gasteiger partial charge in [-0.1, -0.05) is 13.8 Å². The van der Waals surface area contributed by atoms with Crippen molar-refractivity contribution in [2.75, 3.05) is 26.3 Å². The average Bonchev–Trinajstić information content (AvgIpc) is 2.20. The number of rotatable bonds is 6. The van der Waals surface area contributed by atoms with Gasteiger partial charge in [0.1, 0.15) is 0 Å². The van der Waals surface area contributed by atoms with Gasteiger partial charge in [0, 0.05) is 25.3 Å². The molecule has 0 spiro atoms. The Labute approximate surface area is 104 Å². The standard InChI is InChI=1S/C13H24N2O2/c1-5-17-8-12(9(2)3)15-13(16)10(4)11-6-14-7-11/h9,12,14H,5-8H2,1-4H3,(H,15,16). The molecule has 0 aliphatic carbocycles. The molecular weight excluding hydrogens is 216 g/mol. The van der Waals surface area contributed by atoms with Crippen molar-refractivity contribution in [3.63, 3.8) is 0 Å². The van der Waals surface area contributed by atoms with Crippen LogP contribution in [0.15, 0.2) is 11.1 Å². The maximum absolute atomic E-state index is 12.0. The Hall–Kier alpha value is -0.870. The van der Waals surface area contributed by atoms with Gasteiger partial charge in [-0.25, -0.2) is 0 Å². The zero-order valence-electron chi connectivity index (χ0n) is 11.3. The van der Waals surface area contributed by atoms with Gasteiger partial charge in [-0.05, 0) is 25.3 Å². The van der Waals surface area contributed by atoms with E-state index in [4.69, 9.17) is 4.74 Å². The molecule has 0 aromatic heterocycles. The Morgan fingerprint density at radius 3 is 2.53 bits per heavy atom. The second-order valence-electron chi connectivity index (χ2n) is 4.82. The number of nitrogens with one attached hydrogen (secondary N) is 2. The summed E-state index contributed by atoms with van der Waals surface area (Å²) in [5.74, 6) is 0.419. The molecule has 98 valence electrons. The van der Waals surface area contributed by atoms with Crippen LogP contribution in [0.3, 0.4) is 0 Å². The molecule has 1 fully saturated rings. The second-order valence-corrected chi connectivity index (χ2v) is 4.82. The molecule has 0 aromatic carbocycles. The van der Waals surface area contributed by atoms with Crippen molar-refractivity contribution < 1.29 is 9.53 Å². The predicted molar refractivity (Wildman–Crippen MR) is 68.8 cm³/mol. The molecule has 1 atom stereocenters. The molecule has 0 aromatic rings. The van der Waals surface area contributed by atoms with Crippen molar-refractivity contribution in [3.8, 4) is 0 Å². The van der Waals surface area contributed by atoms with Gasteiger partial charge in [0.05, 0.1) is 12.6 Å². The van der Waals surface area contributed by atoms with E-state index in [0.717, 1.165) is 18.7 Å². The van der Waals surface area contributed by atoms with E-state index in [-0.39, 0.29) is 11.9 Å². The summed E-state index contributed by atoms with van der Waals surface area (Å²) in [5, 5.41) is 6.20. The molecule has 4 nitrogen and oxygen atoms in total. The zero-order valence-corrected chi connectivity index (χ0v) is 11.3. The predicted octanol–water partition coefficient (Wildman–Crippen LogP) is 1.08. The number of ether oxygens (including phenoxy) is 1. The first-order chi connectivity index (χ1) is 8.06. The Bertz CT molecular complexity index is 292. The number of carbonyl (C=O) groups excluding carboxylic acids is 1. The maximum atomic E-state index is 12.0. The lowest BCUT2D eigenvalue weighted by Crippen LogP contribution is -2.44. The molecule has 1 aliphatic rings. The molecule has 1 saturated heterocycles. The van der Waals surface area contributed by atoms with Crippen LogP contribution in [0, 0.1) is 5.92 Å². The maximum Gasteiger partial charge on any atom is 0.247 e.